The molecule has 0 spiro atoms. The maximum atomic E-state index is 4.51. The van der Waals surface area contributed by atoms with E-state index in [9.17, 15) is 0 Å². The Hall–Kier alpha value is -2.44. The molecule has 28 heavy (non-hydrogen) atoms. The molecular weight excluding hydrogens is 348 g/mol. The van der Waals surface area contributed by atoms with Gasteiger partial charge < -0.3 is 9.55 Å². The van der Waals surface area contributed by atoms with Crippen LogP contribution in [0.15, 0.2) is 49.3 Å². The number of hydrogen-bond donors (Lipinski definition) is 1. The van der Waals surface area contributed by atoms with Gasteiger partial charge in [-0.1, -0.05) is 12.1 Å². The number of rotatable bonds is 5. The first kappa shape index (κ1) is 17.6. The van der Waals surface area contributed by atoms with Crippen LogP contribution in [0.25, 0.3) is 5.69 Å². The predicted molar refractivity (Wildman–Crippen MR) is 109 cm³/mol. The van der Waals surface area contributed by atoms with E-state index in [-0.39, 0.29) is 0 Å². The molecule has 0 saturated carbocycles. The molecule has 2 aromatic heterocycles. The van der Waals surface area contributed by atoms with Gasteiger partial charge in [0.1, 0.15) is 0 Å². The summed E-state index contributed by atoms with van der Waals surface area (Å²) in [5, 5.41) is 0. The first-order valence-corrected chi connectivity index (χ1v) is 10.3. The van der Waals surface area contributed by atoms with Crippen LogP contribution in [-0.2, 0) is 13.1 Å². The van der Waals surface area contributed by atoms with Crippen LogP contribution in [0.2, 0.25) is 0 Å². The van der Waals surface area contributed by atoms with Gasteiger partial charge in [0.05, 0.1) is 18.3 Å². The van der Waals surface area contributed by atoms with Crippen LogP contribution in [0.3, 0.4) is 0 Å². The Morgan fingerprint density at radius 1 is 1.07 bits per heavy atom. The number of aromatic nitrogens is 4. The van der Waals surface area contributed by atoms with E-state index in [0.29, 0.717) is 6.04 Å². The highest BCUT2D eigenvalue weighted by Gasteiger charge is 2.34. The van der Waals surface area contributed by atoms with Crippen molar-refractivity contribution >= 4 is 0 Å². The van der Waals surface area contributed by atoms with Crippen molar-refractivity contribution in [1.29, 1.82) is 0 Å². The second-order valence-corrected chi connectivity index (χ2v) is 8.33. The first-order chi connectivity index (χ1) is 13.7. The van der Waals surface area contributed by atoms with Crippen molar-refractivity contribution in [3.63, 3.8) is 0 Å². The SMILES string of the molecule is Cc1[nH]cnc1CN1C[C@H]2CC[C@@H](C1)N(Cc1ccc(-n3ccnc3)cc1)C2. The largest absolute Gasteiger partial charge is 0.348 e. The van der Waals surface area contributed by atoms with Crippen LogP contribution in [0.5, 0.6) is 0 Å². The highest BCUT2D eigenvalue weighted by atomic mass is 15.3. The molecule has 3 fully saturated rings. The molecule has 6 nitrogen and oxygen atoms in total. The number of piperidine rings is 1. The Bertz CT molecular complexity index is 898. The highest BCUT2D eigenvalue weighted by molar-refractivity contribution is 5.34. The van der Waals surface area contributed by atoms with Crippen LogP contribution in [-0.4, -0.2) is 55.0 Å². The van der Waals surface area contributed by atoms with E-state index in [1.54, 1.807) is 0 Å². The smallest absolute Gasteiger partial charge is 0.0991 e. The second kappa shape index (κ2) is 7.53. The molecular formula is C22H28N6. The minimum atomic E-state index is 0.645. The third-order valence-electron chi connectivity index (χ3n) is 6.33. The van der Waals surface area contributed by atoms with Crippen molar-refractivity contribution in [3.05, 3.63) is 66.3 Å². The molecule has 0 radical (unpaired) electrons. The van der Waals surface area contributed by atoms with Gasteiger partial charge in [-0.3, -0.25) is 9.80 Å². The number of hydrogen-bond acceptors (Lipinski definition) is 4. The van der Waals surface area contributed by atoms with E-state index < -0.39 is 0 Å². The first-order valence-electron chi connectivity index (χ1n) is 10.3. The Morgan fingerprint density at radius 2 is 1.96 bits per heavy atom. The molecule has 146 valence electrons. The van der Waals surface area contributed by atoms with E-state index in [1.165, 1.54) is 48.6 Å². The topological polar surface area (TPSA) is 53.0 Å². The molecule has 3 aliphatic heterocycles. The monoisotopic (exact) mass is 376 g/mol. The van der Waals surface area contributed by atoms with Crippen molar-refractivity contribution in [2.75, 3.05) is 19.6 Å². The third kappa shape index (κ3) is 3.62. The second-order valence-electron chi connectivity index (χ2n) is 8.33. The number of aryl methyl sites for hydroxylation is 1. The van der Waals surface area contributed by atoms with Crippen LogP contribution < -0.4 is 0 Å². The number of benzene rings is 1. The van der Waals surface area contributed by atoms with Gasteiger partial charge in [0.25, 0.3) is 0 Å². The zero-order valence-corrected chi connectivity index (χ0v) is 16.5. The number of aromatic amines is 1. The molecule has 0 amide bonds. The summed E-state index contributed by atoms with van der Waals surface area (Å²) < 4.78 is 2.05. The summed E-state index contributed by atoms with van der Waals surface area (Å²) in [4.78, 5) is 17.2. The highest BCUT2D eigenvalue weighted by Crippen LogP contribution is 2.30. The summed E-state index contributed by atoms with van der Waals surface area (Å²) >= 11 is 0. The average Bonchev–Trinajstić information content (AvgIpc) is 3.29. The van der Waals surface area contributed by atoms with Crippen LogP contribution in [0.1, 0.15) is 29.8 Å². The summed E-state index contributed by atoms with van der Waals surface area (Å²) in [5.41, 5.74) is 4.96. The summed E-state index contributed by atoms with van der Waals surface area (Å²) in [6.45, 7) is 7.68. The number of H-pyrrole nitrogens is 1. The average molecular weight is 377 g/mol. The Morgan fingerprint density at radius 3 is 2.71 bits per heavy atom. The standard InChI is InChI=1S/C22H28N6/c1-17-22(25-15-24-17)14-26-10-19-4-7-21(13-26)28(12-19)11-18-2-5-20(6-3-18)27-9-8-23-16-27/h2-3,5-6,8-9,15-16,19,21H,4,7,10-14H2,1H3,(H,24,25)/t19-,21+/m1/s1. The number of nitrogens with one attached hydrogen (secondary N) is 1. The molecule has 3 aliphatic rings. The van der Waals surface area contributed by atoms with E-state index in [1.807, 2.05) is 29.6 Å². The third-order valence-corrected chi connectivity index (χ3v) is 6.33. The lowest BCUT2D eigenvalue weighted by Crippen LogP contribution is -2.43. The Kier molecular flexibility index (Phi) is 4.74. The molecule has 0 aliphatic carbocycles. The quantitative estimate of drug-likeness (QED) is 0.744. The van der Waals surface area contributed by atoms with Gasteiger partial charge in [-0.25, -0.2) is 9.97 Å². The normalized spacial score (nSPS) is 23.2. The van der Waals surface area contributed by atoms with Crippen molar-refractivity contribution in [2.45, 2.75) is 38.9 Å². The number of fused-ring (bicyclic) bond motifs is 4. The predicted octanol–water partition coefficient (Wildman–Crippen LogP) is 3.00. The van der Waals surface area contributed by atoms with E-state index in [2.05, 4.69) is 55.9 Å². The van der Waals surface area contributed by atoms with Crippen molar-refractivity contribution in [1.82, 2.24) is 29.3 Å². The van der Waals surface area contributed by atoms with Crippen LogP contribution in [0, 0.1) is 12.8 Å². The molecule has 2 atom stereocenters. The molecule has 5 heterocycles. The fraction of sp³-hybridized carbons (Fsp3) is 0.455. The lowest BCUT2D eigenvalue weighted by molar-refractivity contribution is 0.123. The number of nitrogens with zero attached hydrogens (tertiary/aromatic N) is 5. The van der Waals surface area contributed by atoms with Crippen molar-refractivity contribution < 1.29 is 0 Å². The maximum absolute atomic E-state index is 4.51. The molecule has 6 heteroatoms. The zero-order valence-electron chi connectivity index (χ0n) is 16.5. The fourth-order valence-corrected chi connectivity index (χ4v) is 4.78. The molecule has 6 rings (SSSR count). The van der Waals surface area contributed by atoms with Gasteiger partial charge in [-0.2, -0.15) is 0 Å². The summed E-state index contributed by atoms with van der Waals surface area (Å²) in [6.07, 6.45) is 10.1. The van der Waals surface area contributed by atoms with Crippen LogP contribution >= 0.6 is 0 Å². The Labute approximate surface area is 166 Å². The summed E-state index contributed by atoms with van der Waals surface area (Å²) in [5.74, 6) is 0.767. The van der Waals surface area contributed by atoms with E-state index >= 15 is 0 Å². The maximum Gasteiger partial charge on any atom is 0.0991 e. The van der Waals surface area contributed by atoms with Gasteiger partial charge in [0, 0.05) is 62.5 Å². The molecule has 0 unspecified atom stereocenters. The van der Waals surface area contributed by atoms with Gasteiger partial charge in [-0.15, -0.1) is 0 Å². The van der Waals surface area contributed by atoms with E-state index in [4.69, 9.17) is 0 Å². The van der Waals surface area contributed by atoms with Gasteiger partial charge in [0.15, 0.2) is 0 Å². The lowest BCUT2D eigenvalue weighted by Gasteiger charge is -2.36. The van der Waals surface area contributed by atoms with Crippen LogP contribution in [0.4, 0.5) is 0 Å². The fourth-order valence-electron chi connectivity index (χ4n) is 4.78. The summed E-state index contributed by atoms with van der Waals surface area (Å²) in [7, 11) is 0. The minimum Gasteiger partial charge on any atom is -0.348 e. The van der Waals surface area contributed by atoms with Gasteiger partial charge in [-0.05, 0) is 43.4 Å². The van der Waals surface area contributed by atoms with Gasteiger partial charge in [0.2, 0.25) is 0 Å². The summed E-state index contributed by atoms with van der Waals surface area (Å²) in [6, 6.07) is 9.56. The molecule has 1 N–H and O–H groups in total. The van der Waals surface area contributed by atoms with Crippen molar-refractivity contribution in [2.24, 2.45) is 5.92 Å². The molecule has 2 bridgehead atoms. The molecule has 1 aromatic carbocycles. The number of imidazole rings is 2. The van der Waals surface area contributed by atoms with Gasteiger partial charge >= 0.3 is 0 Å². The van der Waals surface area contributed by atoms with Crippen molar-refractivity contribution in [3.8, 4) is 5.69 Å². The lowest BCUT2D eigenvalue weighted by atomic mass is 9.94. The molecule has 3 aromatic rings. The Balaban J connectivity index is 1.26. The minimum absolute atomic E-state index is 0.645. The molecule has 3 saturated heterocycles. The zero-order chi connectivity index (χ0) is 18.9. The van der Waals surface area contributed by atoms with E-state index in [0.717, 1.165) is 25.6 Å².